The molecular formula is C26H27Br2N3O3. The summed E-state index contributed by atoms with van der Waals surface area (Å²) >= 11 is 7.22. The number of amides is 1. The van der Waals surface area contributed by atoms with Gasteiger partial charge >= 0.3 is 5.97 Å². The molecule has 6 nitrogen and oxygen atoms in total. The lowest BCUT2D eigenvalue weighted by Crippen LogP contribution is -2.37. The molecule has 1 aliphatic rings. The Morgan fingerprint density at radius 1 is 1.18 bits per heavy atom. The number of carboxylic acids is 1. The number of nitrogens with zero attached hydrogens (tertiary/aromatic N) is 3. The summed E-state index contributed by atoms with van der Waals surface area (Å²) in [6.07, 6.45) is 5.20. The molecule has 1 amide bonds. The van der Waals surface area contributed by atoms with Crippen LogP contribution in [-0.4, -0.2) is 38.2 Å². The van der Waals surface area contributed by atoms with Crippen molar-refractivity contribution in [1.29, 1.82) is 0 Å². The van der Waals surface area contributed by atoms with Gasteiger partial charge in [-0.2, -0.15) is 5.10 Å². The van der Waals surface area contributed by atoms with E-state index in [1.54, 1.807) is 17.8 Å². The van der Waals surface area contributed by atoms with Crippen molar-refractivity contribution in [2.24, 2.45) is 13.0 Å². The second kappa shape index (κ2) is 10.0. The largest absolute Gasteiger partial charge is 0.481 e. The molecule has 1 aliphatic heterocycles. The second-order valence-electron chi connectivity index (χ2n) is 8.82. The Labute approximate surface area is 216 Å². The molecule has 2 unspecified atom stereocenters. The van der Waals surface area contributed by atoms with E-state index in [9.17, 15) is 14.7 Å². The fourth-order valence-electron chi connectivity index (χ4n) is 4.85. The van der Waals surface area contributed by atoms with E-state index in [4.69, 9.17) is 0 Å². The molecule has 178 valence electrons. The van der Waals surface area contributed by atoms with Crippen LogP contribution in [-0.2, 0) is 24.8 Å². The summed E-state index contributed by atoms with van der Waals surface area (Å²) < 4.78 is 3.20. The van der Waals surface area contributed by atoms with Gasteiger partial charge in [0, 0.05) is 40.8 Å². The van der Waals surface area contributed by atoms with E-state index < -0.39 is 11.9 Å². The Hall–Kier alpha value is -2.45. The van der Waals surface area contributed by atoms with Gasteiger partial charge in [0.25, 0.3) is 5.91 Å². The van der Waals surface area contributed by atoms with Crippen LogP contribution in [0.1, 0.15) is 53.2 Å². The molecule has 1 aromatic heterocycles. The van der Waals surface area contributed by atoms with Crippen molar-refractivity contribution in [3.05, 3.63) is 73.9 Å². The van der Waals surface area contributed by atoms with E-state index in [1.807, 2.05) is 55.4 Å². The minimum atomic E-state index is -0.776. The fourth-order valence-corrected chi connectivity index (χ4v) is 6.37. The van der Waals surface area contributed by atoms with Crippen LogP contribution >= 0.6 is 31.9 Å². The lowest BCUT2D eigenvalue weighted by molar-refractivity contribution is -0.141. The molecule has 34 heavy (non-hydrogen) atoms. The van der Waals surface area contributed by atoms with E-state index >= 15 is 0 Å². The zero-order valence-corrected chi connectivity index (χ0v) is 22.6. The number of fused-ring (bicyclic) bond motifs is 1. The van der Waals surface area contributed by atoms with Crippen LogP contribution in [0, 0.1) is 5.92 Å². The van der Waals surface area contributed by atoms with E-state index in [2.05, 4.69) is 37.0 Å². The Morgan fingerprint density at radius 2 is 1.88 bits per heavy atom. The molecule has 2 atom stereocenters. The van der Waals surface area contributed by atoms with E-state index in [0.717, 1.165) is 37.6 Å². The van der Waals surface area contributed by atoms with Crippen molar-refractivity contribution < 1.29 is 14.7 Å². The quantitative estimate of drug-likeness (QED) is 0.382. The topological polar surface area (TPSA) is 75.4 Å². The molecule has 0 radical (unpaired) electrons. The summed E-state index contributed by atoms with van der Waals surface area (Å²) in [4.78, 5) is 27.1. The second-order valence-corrected chi connectivity index (χ2v) is 10.5. The molecule has 0 saturated heterocycles. The zero-order valence-electron chi connectivity index (χ0n) is 19.4. The number of rotatable bonds is 6. The predicted molar refractivity (Wildman–Crippen MR) is 139 cm³/mol. The first-order chi connectivity index (χ1) is 16.2. The number of aliphatic carboxylic acids is 1. The first kappa shape index (κ1) is 24.7. The summed E-state index contributed by atoms with van der Waals surface area (Å²) in [5.74, 6) is -1.32. The lowest BCUT2D eigenvalue weighted by atomic mass is 9.80. The third-order valence-electron chi connectivity index (χ3n) is 6.72. The number of hydrogen-bond donors (Lipinski definition) is 1. The first-order valence-electron chi connectivity index (χ1n) is 11.3. The number of aryl methyl sites for hydroxylation is 1. The normalized spacial score (nSPS) is 15.0. The minimum Gasteiger partial charge on any atom is -0.481 e. The molecule has 0 spiro atoms. The summed E-state index contributed by atoms with van der Waals surface area (Å²) in [5, 5.41) is 13.8. The average molecular weight is 589 g/mol. The van der Waals surface area contributed by atoms with Gasteiger partial charge in [-0.15, -0.1) is 0 Å². The van der Waals surface area contributed by atoms with Crippen LogP contribution in [0.5, 0.6) is 0 Å². The summed E-state index contributed by atoms with van der Waals surface area (Å²) in [6.45, 7) is 4.90. The van der Waals surface area contributed by atoms with E-state index in [-0.39, 0.29) is 11.8 Å². The Balaban J connectivity index is 1.61. The molecule has 3 aromatic rings. The number of hydrogen-bond acceptors (Lipinski definition) is 3. The third-order valence-corrected chi connectivity index (χ3v) is 7.97. The molecule has 8 heteroatoms. The van der Waals surface area contributed by atoms with Crippen LogP contribution in [0.3, 0.4) is 0 Å². The predicted octanol–water partition coefficient (Wildman–Crippen LogP) is 6.02. The SMILES string of the molecule is CCC(c1cccc2c1CCN(C(=O)c1c(Br)cc(-c3cnn(C)c3)cc1Br)C2)C(C)C(=O)O. The van der Waals surface area contributed by atoms with Crippen LogP contribution < -0.4 is 0 Å². The molecule has 0 bridgehead atoms. The van der Waals surface area contributed by atoms with Gasteiger partial charge in [-0.1, -0.05) is 32.0 Å². The molecule has 4 rings (SSSR count). The highest BCUT2D eigenvalue weighted by molar-refractivity contribution is 9.11. The van der Waals surface area contributed by atoms with Crippen LogP contribution in [0.2, 0.25) is 0 Å². The van der Waals surface area contributed by atoms with Gasteiger partial charge < -0.3 is 10.0 Å². The standard InChI is InChI=1S/C26H27Br2N3O3/c1-4-19(15(2)26(33)34)21-7-5-6-16-14-31(9-8-20(16)21)25(32)24-22(27)10-17(11-23(24)28)18-12-29-30(3)13-18/h5-7,10-13,15,19H,4,8-9,14H2,1-3H3,(H,33,34). The summed E-state index contributed by atoms with van der Waals surface area (Å²) in [5.41, 5.74) is 5.92. The van der Waals surface area contributed by atoms with Crippen LogP contribution in [0.25, 0.3) is 11.1 Å². The van der Waals surface area contributed by atoms with Crippen molar-refractivity contribution in [2.75, 3.05) is 6.54 Å². The molecule has 2 aromatic carbocycles. The van der Waals surface area contributed by atoms with Crippen LogP contribution in [0.15, 0.2) is 51.7 Å². The van der Waals surface area contributed by atoms with Crippen molar-refractivity contribution >= 4 is 43.7 Å². The fraction of sp³-hybridized carbons (Fsp3) is 0.346. The van der Waals surface area contributed by atoms with E-state index in [1.165, 1.54) is 5.56 Å². The number of aromatic nitrogens is 2. The number of halogens is 2. The number of carbonyl (C=O) groups is 2. The number of carboxylic acid groups (broad SMARTS) is 1. The average Bonchev–Trinajstić information content (AvgIpc) is 3.25. The Morgan fingerprint density at radius 3 is 2.47 bits per heavy atom. The van der Waals surface area contributed by atoms with Gasteiger partial charge in [-0.05, 0) is 85.0 Å². The monoisotopic (exact) mass is 587 g/mol. The Bertz CT molecular complexity index is 1230. The smallest absolute Gasteiger partial charge is 0.306 e. The molecule has 1 N–H and O–H groups in total. The first-order valence-corrected chi connectivity index (χ1v) is 12.9. The van der Waals surface area contributed by atoms with Gasteiger partial charge in [-0.3, -0.25) is 14.3 Å². The number of carbonyl (C=O) groups excluding carboxylic acids is 1. The van der Waals surface area contributed by atoms with Crippen molar-refractivity contribution in [1.82, 2.24) is 14.7 Å². The van der Waals surface area contributed by atoms with Gasteiger partial charge in [0.2, 0.25) is 0 Å². The maximum atomic E-state index is 13.5. The van der Waals surface area contributed by atoms with Gasteiger partial charge in [0.1, 0.15) is 0 Å². The highest BCUT2D eigenvalue weighted by atomic mass is 79.9. The number of benzene rings is 2. The van der Waals surface area contributed by atoms with Crippen molar-refractivity contribution in [3.63, 3.8) is 0 Å². The van der Waals surface area contributed by atoms with Crippen LogP contribution in [0.4, 0.5) is 0 Å². The zero-order chi connectivity index (χ0) is 24.6. The minimum absolute atomic E-state index is 0.0431. The van der Waals surface area contributed by atoms with Gasteiger partial charge in [0.05, 0.1) is 17.7 Å². The summed E-state index contributed by atoms with van der Waals surface area (Å²) in [6, 6.07) is 9.97. The molecule has 2 heterocycles. The van der Waals surface area contributed by atoms with Gasteiger partial charge in [-0.25, -0.2) is 0 Å². The lowest BCUT2D eigenvalue weighted by Gasteiger charge is -2.33. The molecule has 0 saturated carbocycles. The molecular weight excluding hydrogens is 562 g/mol. The van der Waals surface area contributed by atoms with Crippen molar-refractivity contribution in [2.45, 2.75) is 39.2 Å². The van der Waals surface area contributed by atoms with E-state index in [0.29, 0.717) is 25.1 Å². The maximum Gasteiger partial charge on any atom is 0.306 e. The van der Waals surface area contributed by atoms with Gasteiger partial charge in [0.15, 0.2) is 0 Å². The molecule has 0 fully saturated rings. The molecule has 0 aliphatic carbocycles. The van der Waals surface area contributed by atoms with Crippen molar-refractivity contribution in [3.8, 4) is 11.1 Å². The highest BCUT2D eigenvalue weighted by Crippen LogP contribution is 2.37. The third kappa shape index (κ3) is 4.70. The highest BCUT2D eigenvalue weighted by Gasteiger charge is 2.30. The maximum absolute atomic E-state index is 13.5. The Kier molecular flexibility index (Phi) is 7.28. The summed E-state index contributed by atoms with van der Waals surface area (Å²) in [7, 11) is 1.87.